The van der Waals surface area contributed by atoms with E-state index < -0.39 is 29.2 Å². The Morgan fingerprint density at radius 1 is 1.11 bits per heavy atom. The third-order valence-electron chi connectivity index (χ3n) is 5.29. The molecule has 0 saturated heterocycles. The molecule has 1 fully saturated rings. The summed E-state index contributed by atoms with van der Waals surface area (Å²) >= 11 is 0. The number of hydrogen-bond donors (Lipinski definition) is 0. The van der Waals surface area contributed by atoms with Gasteiger partial charge in [0.25, 0.3) is 0 Å². The van der Waals surface area contributed by atoms with Crippen LogP contribution in [0.3, 0.4) is 0 Å². The fraction of sp³-hybridized carbons (Fsp3) is 0.500. The fourth-order valence-corrected chi connectivity index (χ4v) is 3.85. The van der Waals surface area contributed by atoms with Crippen LogP contribution in [0.5, 0.6) is 5.75 Å². The Kier molecular flexibility index (Phi) is 6.56. The molecule has 0 aromatic heterocycles. The minimum absolute atomic E-state index is 0.130. The van der Waals surface area contributed by atoms with Crippen LogP contribution in [-0.2, 0) is 19.1 Å². The van der Waals surface area contributed by atoms with Gasteiger partial charge in [-0.05, 0) is 37.1 Å². The lowest BCUT2D eigenvalue weighted by Crippen LogP contribution is -2.52. The fourth-order valence-electron chi connectivity index (χ4n) is 3.85. The molecule has 0 bridgehead atoms. The van der Waals surface area contributed by atoms with Crippen molar-refractivity contribution < 1.29 is 28.6 Å². The number of methoxy groups -OCH3 is 3. The summed E-state index contributed by atoms with van der Waals surface area (Å²) in [6.45, 7) is 0. The molecule has 0 aliphatic heterocycles. The highest BCUT2D eigenvalue weighted by Gasteiger charge is 2.58. The summed E-state index contributed by atoms with van der Waals surface area (Å²) in [5.74, 6) is -2.62. The van der Waals surface area contributed by atoms with Crippen molar-refractivity contribution in [1.29, 1.82) is 5.26 Å². The third-order valence-corrected chi connectivity index (χ3v) is 5.29. The first kappa shape index (κ1) is 20.4. The summed E-state index contributed by atoms with van der Waals surface area (Å²) in [6.07, 6.45) is 1.06. The summed E-state index contributed by atoms with van der Waals surface area (Å²) in [4.78, 5) is 38.0. The zero-order valence-electron chi connectivity index (χ0n) is 15.7. The summed E-state index contributed by atoms with van der Waals surface area (Å²) < 4.78 is 14.8. The highest BCUT2D eigenvalue weighted by molar-refractivity contribution is 6.02. The van der Waals surface area contributed by atoms with E-state index in [9.17, 15) is 19.6 Å². The number of hydrogen-bond acceptors (Lipinski definition) is 7. The predicted molar refractivity (Wildman–Crippen MR) is 94.9 cm³/mol. The van der Waals surface area contributed by atoms with Gasteiger partial charge in [0.05, 0.1) is 33.3 Å². The van der Waals surface area contributed by atoms with Gasteiger partial charge < -0.3 is 14.2 Å². The summed E-state index contributed by atoms with van der Waals surface area (Å²) in [5, 5.41) is 9.57. The van der Waals surface area contributed by atoms with E-state index in [0.29, 0.717) is 24.2 Å². The van der Waals surface area contributed by atoms with Crippen LogP contribution in [0.1, 0.15) is 36.0 Å². The maximum Gasteiger partial charge on any atom is 0.323 e. The number of carbonyl (C=O) groups is 3. The molecule has 1 aliphatic rings. The molecule has 0 unspecified atom stereocenters. The minimum Gasteiger partial charge on any atom is -0.497 e. The van der Waals surface area contributed by atoms with E-state index in [1.54, 1.807) is 24.3 Å². The van der Waals surface area contributed by atoms with Crippen LogP contribution in [-0.4, -0.2) is 39.1 Å². The van der Waals surface area contributed by atoms with E-state index in [1.165, 1.54) is 21.3 Å². The Morgan fingerprint density at radius 3 is 2.19 bits per heavy atom. The van der Waals surface area contributed by atoms with Crippen LogP contribution in [0.15, 0.2) is 24.3 Å². The molecular weight excluding hydrogens is 350 g/mol. The van der Waals surface area contributed by atoms with E-state index in [2.05, 4.69) is 6.07 Å². The number of ether oxygens (including phenoxy) is 3. The van der Waals surface area contributed by atoms with Crippen LogP contribution in [0.4, 0.5) is 0 Å². The molecule has 7 heteroatoms. The zero-order valence-corrected chi connectivity index (χ0v) is 15.7. The molecule has 1 saturated carbocycles. The normalized spacial score (nSPS) is 20.8. The lowest BCUT2D eigenvalue weighted by molar-refractivity contribution is -0.178. The molecule has 1 aliphatic carbocycles. The van der Waals surface area contributed by atoms with Gasteiger partial charge in [0.2, 0.25) is 0 Å². The summed E-state index contributed by atoms with van der Waals surface area (Å²) in [5.41, 5.74) is -1.23. The summed E-state index contributed by atoms with van der Waals surface area (Å²) in [7, 11) is 3.90. The minimum atomic E-state index is -1.65. The standard InChI is InChI=1S/C20H23NO6/c1-25-15-8-6-13(7-9-15)17(22)11-16-14(12-21)5-4-10-20(16,18(23)26-2)19(24)27-3/h6-9,14,16H,4-5,10-11H2,1-3H3/t14-,16+/m0/s1. The van der Waals surface area contributed by atoms with Crippen molar-refractivity contribution in [3.05, 3.63) is 29.8 Å². The number of carbonyl (C=O) groups excluding carboxylic acids is 3. The maximum absolute atomic E-state index is 12.8. The lowest BCUT2D eigenvalue weighted by Gasteiger charge is -2.41. The van der Waals surface area contributed by atoms with E-state index in [1.807, 2.05) is 0 Å². The first-order valence-corrected chi connectivity index (χ1v) is 8.68. The number of nitrogens with zero attached hydrogens (tertiary/aromatic N) is 1. The van der Waals surface area contributed by atoms with Crippen molar-refractivity contribution in [2.45, 2.75) is 25.7 Å². The first-order valence-electron chi connectivity index (χ1n) is 8.68. The van der Waals surface area contributed by atoms with Gasteiger partial charge in [-0.15, -0.1) is 0 Å². The number of rotatable bonds is 6. The lowest BCUT2D eigenvalue weighted by atomic mass is 9.60. The second kappa shape index (κ2) is 8.67. The molecule has 2 atom stereocenters. The molecule has 1 aromatic rings. The third kappa shape index (κ3) is 3.80. The van der Waals surface area contributed by atoms with Gasteiger partial charge >= 0.3 is 11.9 Å². The molecule has 7 nitrogen and oxygen atoms in total. The molecule has 0 spiro atoms. The predicted octanol–water partition coefficient (Wildman–Crippen LogP) is 2.54. The average Bonchev–Trinajstić information content (AvgIpc) is 2.72. The van der Waals surface area contributed by atoms with Gasteiger partial charge in [-0.1, -0.05) is 6.42 Å². The van der Waals surface area contributed by atoms with E-state index in [-0.39, 0.29) is 18.6 Å². The smallest absolute Gasteiger partial charge is 0.323 e. The van der Waals surface area contributed by atoms with E-state index in [0.717, 1.165) is 0 Å². The number of esters is 2. The highest BCUT2D eigenvalue weighted by Crippen LogP contribution is 2.48. The molecule has 0 heterocycles. The van der Waals surface area contributed by atoms with Gasteiger partial charge in [0.15, 0.2) is 11.2 Å². The quantitative estimate of drug-likeness (QED) is 0.429. The molecule has 0 amide bonds. The summed E-state index contributed by atoms with van der Waals surface area (Å²) in [6, 6.07) is 8.70. The van der Waals surface area contributed by atoms with Crippen molar-refractivity contribution in [3.63, 3.8) is 0 Å². The number of ketones is 1. The molecular formula is C20H23NO6. The molecule has 27 heavy (non-hydrogen) atoms. The van der Waals surface area contributed by atoms with Crippen molar-refractivity contribution in [3.8, 4) is 11.8 Å². The monoisotopic (exact) mass is 373 g/mol. The number of nitriles is 1. The molecule has 1 aromatic carbocycles. The second-order valence-electron chi connectivity index (χ2n) is 6.54. The largest absolute Gasteiger partial charge is 0.497 e. The van der Waals surface area contributed by atoms with Crippen molar-refractivity contribution in [2.75, 3.05) is 21.3 Å². The Bertz CT molecular complexity index is 733. The van der Waals surface area contributed by atoms with Crippen LogP contribution >= 0.6 is 0 Å². The van der Waals surface area contributed by atoms with Crippen molar-refractivity contribution in [1.82, 2.24) is 0 Å². The first-order chi connectivity index (χ1) is 12.9. The Balaban J connectivity index is 2.41. The Labute approximate surface area is 158 Å². The number of Topliss-reactive ketones (excluding diaryl/α,β-unsaturated/α-hetero) is 1. The molecule has 144 valence electrons. The zero-order chi connectivity index (χ0) is 20.0. The molecule has 0 N–H and O–H groups in total. The second-order valence-corrected chi connectivity index (χ2v) is 6.54. The van der Waals surface area contributed by atoms with Crippen LogP contribution in [0.2, 0.25) is 0 Å². The average molecular weight is 373 g/mol. The Hall–Kier alpha value is -2.88. The van der Waals surface area contributed by atoms with Gasteiger partial charge in [0, 0.05) is 17.9 Å². The van der Waals surface area contributed by atoms with Crippen molar-refractivity contribution >= 4 is 17.7 Å². The van der Waals surface area contributed by atoms with Gasteiger partial charge in [0.1, 0.15) is 5.75 Å². The number of benzene rings is 1. The van der Waals surface area contributed by atoms with Crippen molar-refractivity contribution in [2.24, 2.45) is 17.3 Å². The van der Waals surface area contributed by atoms with Gasteiger partial charge in [-0.2, -0.15) is 5.26 Å². The van der Waals surface area contributed by atoms with E-state index >= 15 is 0 Å². The van der Waals surface area contributed by atoms with E-state index in [4.69, 9.17) is 14.2 Å². The molecule has 0 radical (unpaired) electrons. The van der Waals surface area contributed by atoms with Crippen LogP contribution in [0, 0.1) is 28.6 Å². The topological polar surface area (TPSA) is 103 Å². The van der Waals surface area contributed by atoms with Gasteiger partial charge in [-0.3, -0.25) is 14.4 Å². The highest BCUT2D eigenvalue weighted by atomic mass is 16.5. The van der Waals surface area contributed by atoms with Gasteiger partial charge in [-0.25, -0.2) is 0 Å². The Morgan fingerprint density at radius 2 is 1.70 bits per heavy atom. The SMILES string of the molecule is COC(=O)C1(C(=O)OC)CCC[C@@H](C#N)[C@H]1CC(=O)c1ccc(OC)cc1. The maximum atomic E-state index is 12.8. The van der Waals surface area contributed by atoms with Crippen LogP contribution < -0.4 is 4.74 Å². The molecule has 2 rings (SSSR count). The van der Waals surface area contributed by atoms with Crippen LogP contribution in [0.25, 0.3) is 0 Å².